The molecule has 9 heteroatoms. The zero-order valence-electron chi connectivity index (χ0n) is 17.3. The van der Waals surface area contributed by atoms with Crippen LogP contribution in [0.4, 0.5) is 11.4 Å². The second-order valence-corrected chi connectivity index (χ2v) is 6.49. The summed E-state index contributed by atoms with van der Waals surface area (Å²) in [6.07, 6.45) is 0.205. The van der Waals surface area contributed by atoms with Crippen molar-refractivity contribution in [1.29, 1.82) is 0 Å². The van der Waals surface area contributed by atoms with Crippen molar-refractivity contribution < 1.29 is 19.1 Å². The van der Waals surface area contributed by atoms with Gasteiger partial charge in [0.25, 0.3) is 0 Å². The van der Waals surface area contributed by atoms with E-state index in [2.05, 4.69) is 20.9 Å². The third kappa shape index (κ3) is 5.05. The number of carbonyl (C=O) groups is 2. The van der Waals surface area contributed by atoms with Crippen LogP contribution in [0.3, 0.4) is 0 Å². The molecule has 0 saturated carbocycles. The van der Waals surface area contributed by atoms with Gasteiger partial charge in [-0.1, -0.05) is 17.3 Å². The van der Waals surface area contributed by atoms with E-state index in [1.54, 1.807) is 16.8 Å². The number of rotatable bonds is 9. The summed E-state index contributed by atoms with van der Waals surface area (Å²) in [6, 6.07) is 10.9. The van der Waals surface area contributed by atoms with Crippen LogP contribution in [0.15, 0.2) is 36.4 Å². The molecule has 2 N–H and O–H groups in total. The molecule has 2 aromatic carbocycles. The number of nitrogens with zero attached hydrogens (tertiary/aromatic N) is 3. The second kappa shape index (κ2) is 9.73. The van der Waals surface area contributed by atoms with Gasteiger partial charge in [-0.25, -0.2) is 4.68 Å². The Bertz CT molecular complexity index is 1050. The Morgan fingerprint density at radius 3 is 2.27 bits per heavy atom. The van der Waals surface area contributed by atoms with Crippen LogP contribution in [0.5, 0.6) is 11.5 Å². The van der Waals surface area contributed by atoms with Crippen molar-refractivity contribution in [3.05, 3.63) is 36.4 Å². The minimum Gasteiger partial charge on any atom is -0.492 e. The van der Waals surface area contributed by atoms with Gasteiger partial charge in [-0.2, -0.15) is 0 Å². The van der Waals surface area contributed by atoms with Crippen molar-refractivity contribution in [2.24, 2.45) is 0 Å². The highest BCUT2D eigenvalue weighted by molar-refractivity contribution is 5.95. The molecule has 30 heavy (non-hydrogen) atoms. The van der Waals surface area contributed by atoms with Gasteiger partial charge < -0.3 is 20.1 Å². The maximum Gasteiger partial charge on any atom is 0.226 e. The number of ether oxygens (including phenoxy) is 2. The molecule has 0 saturated heterocycles. The molecule has 0 fully saturated rings. The quantitative estimate of drug-likeness (QED) is 0.560. The minimum absolute atomic E-state index is 0.203. The Morgan fingerprint density at radius 2 is 1.63 bits per heavy atom. The van der Waals surface area contributed by atoms with Crippen LogP contribution in [0, 0.1) is 0 Å². The molecule has 0 unspecified atom stereocenters. The highest BCUT2D eigenvalue weighted by atomic mass is 16.5. The number of nitrogens with one attached hydrogen (secondary N) is 2. The zero-order valence-corrected chi connectivity index (χ0v) is 17.3. The number of benzene rings is 2. The summed E-state index contributed by atoms with van der Waals surface area (Å²) >= 11 is 0. The molecule has 3 rings (SSSR count). The van der Waals surface area contributed by atoms with Crippen molar-refractivity contribution in [2.45, 2.75) is 33.7 Å². The zero-order chi connectivity index (χ0) is 21.5. The number of hydrogen-bond donors (Lipinski definition) is 2. The number of para-hydroxylation sites is 1. The standard InChI is InChI=1S/C21H25N5O4/c1-4-29-19-13-17(20(30-5-2)12-16(19)22-14(3)27)23-21(28)10-11-26-18-9-7-6-8-15(18)24-25-26/h6-9,12-13H,4-5,10-11H2,1-3H3,(H,22,27)(H,23,28). The lowest BCUT2D eigenvalue weighted by Crippen LogP contribution is -2.16. The third-order valence-electron chi connectivity index (χ3n) is 4.24. The van der Waals surface area contributed by atoms with E-state index in [1.807, 2.05) is 38.1 Å². The molecule has 0 atom stereocenters. The first kappa shape index (κ1) is 21.1. The van der Waals surface area contributed by atoms with Crippen molar-refractivity contribution in [3.63, 3.8) is 0 Å². The SMILES string of the molecule is CCOc1cc(NC(=O)CCn2nnc3ccccc32)c(OCC)cc1NC(C)=O. The van der Waals surface area contributed by atoms with E-state index in [0.29, 0.717) is 42.6 Å². The molecule has 0 aliphatic carbocycles. The Hall–Kier alpha value is -3.62. The molecule has 0 radical (unpaired) electrons. The molecule has 158 valence electrons. The van der Waals surface area contributed by atoms with E-state index >= 15 is 0 Å². The van der Waals surface area contributed by atoms with E-state index in [4.69, 9.17) is 9.47 Å². The first-order chi connectivity index (χ1) is 14.5. The summed E-state index contributed by atoms with van der Waals surface area (Å²) in [6.45, 7) is 6.30. The van der Waals surface area contributed by atoms with Crippen LogP contribution in [0.25, 0.3) is 11.0 Å². The van der Waals surface area contributed by atoms with Crippen LogP contribution >= 0.6 is 0 Å². The molecule has 2 amide bonds. The molecular formula is C21H25N5O4. The molecule has 0 aliphatic heterocycles. The fraction of sp³-hybridized carbons (Fsp3) is 0.333. The third-order valence-corrected chi connectivity index (χ3v) is 4.24. The molecule has 3 aromatic rings. The summed E-state index contributed by atoms with van der Waals surface area (Å²) in [7, 11) is 0. The van der Waals surface area contributed by atoms with E-state index in [0.717, 1.165) is 11.0 Å². The predicted octanol–water partition coefficient (Wildman–Crippen LogP) is 3.22. The Kier molecular flexibility index (Phi) is 6.84. The Balaban J connectivity index is 1.76. The normalized spacial score (nSPS) is 10.6. The average molecular weight is 411 g/mol. The smallest absolute Gasteiger partial charge is 0.226 e. The summed E-state index contributed by atoms with van der Waals surface area (Å²) < 4.78 is 13.0. The summed E-state index contributed by atoms with van der Waals surface area (Å²) in [5, 5.41) is 13.8. The van der Waals surface area contributed by atoms with Gasteiger partial charge in [0.1, 0.15) is 17.0 Å². The number of anilines is 2. The highest BCUT2D eigenvalue weighted by Crippen LogP contribution is 2.37. The van der Waals surface area contributed by atoms with E-state index in [9.17, 15) is 9.59 Å². The second-order valence-electron chi connectivity index (χ2n) is 6.49. The lowest BCUT2D eigenvalue weighted by Gasteiger charge is -2.17. The van der Waals surface area contributed by atoms with Gasteiger partial charge in [-0.15, -0.1) is 5.10 Å². The first-order valence-electron chi connectivity index (χ1n) is 9.81. The van der Waals surface area contributed by atoms with Crippen molar-refractivity contribution in [3.8, 4) is 11.5 Å². The van der Waals surface area contributed by atoms with E-state index in [-0.39, 0.29) is 18.2 Å². The van der Waals surface area contributed by atoms with E-state index < -0.39 is 0 Å². The summed E-state index contributed by atoms with van der Waals surface area (Å²) in [5.41, 5.74) is 2.62. The maximum atomic E-state index is 12.6. The molecule has 0 spiro atoms. The van der Waals surface area contributed by atoms with Gasteiger partial charge in [0, 0.05) is 25.5 Å². The van der Waals surface area contributed by atoms with Gasteiger partial charge in [0.2, 0.25) is 11.8 Å². The molecule has 1 heterocycles. The van der Waals surface area contributed by atoms with Gasteiger partial charge in [-0.05, 0) is 26.0 Å². The fourth-order valence-electron chi connectivity index (χ4n) is 3.00. The highest BCUT2D eigenvalue weighted by Gasteiger charge is 2.16. The molecule has 0 aliphatic rings. The predicted molar refractivity (Wildman–Crippen MR) is 114 cm³/mol. The minimum atomic E-state index is -0.227. The van der Waals surface area contributed by atoms with Gasteiger partial charge in [-0.3, -0.25) is 9.59 Å². The number of aryl methyl sites for hydroxylation is 1. The summed E-state index contributed by atoms with van der Waals surface area (Å²) in [4.78, 5) is 24.1. The van der Waals surface area contributed by atoms with Gasteiger partial charge >= 0.3 is 0 Å². The van der Waals surface area contributed by atoms with E-state index in [1.165, 1.54) is 6.92 Å². The number of carbonyl (C=O) groups excluding carboxylic acids is 2. The number of fused-ring (bicyclic) bond motifs is 1. The van der Waals surface area contributed by atoms with Crippen molar-refractivity contribution in [1.82, 2.24) is 15.0 Å². The number of amides is 2. The lowest BCUT2D eigenvalue weighted by atomic mass is 10.2. The largest absolute Gasteiger partial charge is 0.492 e. The molecular weight excluding hydrogens is 386 g/mol. The number of aromatic nitrogens is 3. The maximum absolute atomic E-state index is 12.6. The molecule has 1 aromatic heterocycles. The Morgan fingerprint density at radius 1 is 1.00 bits per heavy atom. The summed E-state index contributed by atoms with van der Waals surface area (Å²) in [5.74, 6) is 0.471. The van der Waals surface area contributed by atoms with Crippen LogP contribution in [0.2, 0.25) is 0 Å². The van der Waals surface area contributed by atoms with Crippen molar-refractivity contribution >= 4 is 34.2 Å². The van der Waals surface area contributed by atoms with Crippen LogP contribution in [0.1, 0.15) is 27.2 Å². The van der Waals surface area contributed by atoms with Gasteiger partial charge in [0.15, 0.2) is 0 Å². The van der Waals surface area contributed by atoms with Crippen LogP contribution in [-0.2, 0) is 16.1 Å². The van der Waals surface area contributed by atoms with Crippen LogP contribution in [-0.4, -0.2) is 40.0 Å². The Labute approximate surface area is 174 Å². The topological polar surface area (TPSA) is 107 Å². The monoisotopic (exact) mass is 411 g/mol. The van der Waals surface area contributed by atoms with Crippen molar-refractivity contribution in [2.75, 3.05) is 23.8 Å². The van der Waals surface area contributed by atoms with Gasteiger partial charge in [0.05, 0.1) is 36.6 Å². The lowest BCUT2D eigenvalue weighted by molar-refractivity contribution is -0.116. The first-order valence-corrected chi connectivity index (χ1v) is 9.81. The molecule has 9 nitrogen and oxygen atoms in total. The molecule has 0 bridgehead atoms. The van der Waals surface area contributed by atoms with Crippen LogP contribution < -0.4 is 20.1 Å². The average Bonchev–Trinajstić information content (AvgIpc) is 3.12. The number of hydrogen-bond acceptors (Lipinski definition) is 6. The fourth-order valence-corrected chi connectivity index (χ4v) is 3.00.